The van der Waals surface area contributed by atoms with Crippen LogP contribution in [0.1, 0.15) is 35.7 Å². The van der Waals surface area contributed by atoms with E-state index in [1.807, 2.05) is 24.3 Å². The minimum Gasteiger partial charge on any atom is -0.502 e. The van der Waals surface area contributed by atoms with Crippen LogP contribution in [0.25, 0.3) is 10.9 Å². The molecule has 2 aromatic carbocycles. The lowest BCUT2D eigenvalue weighted by Crippen LogP contribution is -2.54. The standard InChI is InChI=1S/C25H29N3O5/c1-31-19-11-14(12-20(32-2)24(19)29)22-23-16(15-7-4-5-8-17(15)26-23)13-21(27-22)28-10-6-9-18(28)25(30)33-3/h4-5,7-8,11-12,18,21-22,26-27,29H,6,9-10,13H2,1-3H3/t18-,21+,22+/m0/s1. The minimum absolute atomic E-state index is 0.0294. The van der Waals surface area contributed by atoms with E-state index in [4.69, 9.17) is 14.2 Å². The number of fused-ring (bicyclic) bond motifs is 3. The molecule has 8 nitrogen and oxygen atoms in total. The number of nitrogens with one attached hydrogen (secondary N) is 2. The van der Waals surface area contributed by atoms with Gasteiger partial charge in [0.1, 0.15) is 6.04 Å². The first-order valence-electron chi connectivity index (χ1n) is 11.2. The van der Waals surface area contributed by atoms with E-state index in [2.05, 4.69) is 27.3 Å². The van der Waals surface area contributed by atoms with Crippen LogP contribution in [-0.2, 0) is 16.0 Å². The number of benzene rings is 2. The number of carbonyl (C=O) groups is 1. The maximum absolute atomic E-state index is 12.5. The smallest absolute Gasteiger partial charge is 0.323 e. The number of para-hydroxylation sites is 1. The van der Waals surface area contributed by atoms with Crippen molar-refractivity contribution in [3.63, 3.8) is 0 Å². The van der Waals surface area contributed by atoms with E-state index in [9.17, 15) is 9.90 Å². The predicted molar refractivity (Wildman–Crippen MR) is 124 cm³/mol. The van der Waals surface area contributed by atoms with Crippen molar-refractivity contribution in [1.82, 2.24) is 15.2 Å². The van der Waals surface area contributed by atoms with E-state index in [-0.39, 0.29) is 30.0 Å². The summed E-state index contributed by atoms with van der Waals surface area (Å²) in [5, 5.41) is 15.4. The Morgan fingerprint density at radius 1 is 1.12 bits per heavy atom. The number of esters is 1. The van der Waals surface area contributed by atoms with E-state index < -0.39 is 0 Å². The van der Waals surface area contributed by atoms with Gasteiger partial charge in [-0.15, -0.1) is 0 Å². The Morgan fingerprint density at radius 3 is 2.55 bits per heavy atom. The number of phenols is 1. The molecule has 8 heteroatoms. The summed E-state index contributed by atoms with van der Waals surface area (Å²) in [6.07, 6.45) is 2.44. The number of rotatable bonds is 5. The highest BCUT2D eigenvalue weighted by Crippen LogP contribution is 2.43. The number of aromatic nitrogens is 1. The van der Waals surface area contributed by atoms with Gasteiger partial charge in [-0.05, 0) is 42.2 Å². The van der Waals surface area contributed by atoms with Crippen LogP contribution in [0, 0.1) is 0 Å². The molecule has 0 radical (unpaired) electrons. The van der Waals surface area contributed by atoms with Crippen molar-refractivity contribution in [3.8, 4) is 17.2 Å². The normalized spacial score (nSPS) is 22.8. The molecule has 5 rings (SSSR count). The summed E-state index contributed by atoms with van der Waals surface area (Å²) in [7, 11) is 4.49. The van der Waals surface area contributed by atoms with Gasteiger partial charge in [-0.3, -0.25) is 15.0 Å². The van der Waals surface area contributed by atoms with Crippen molar-refractivity contribution in [2.45, 2.75) is 37.5 Å². The number of aromatic hydroxyl groups is 1. The van der Waals surface area contributed by atoms with Crippen molar-refractivity contribution in [3.05, 3.63) is 53.2 Å². The molecular formula is C25H29N3O5. The van der Waals surface area contributed by atoms with Crippen LogP contribution in [0.4, 0.5) is 0 Å². The molecule has 0 spiro atoms. The van der Waals surface area contributed by atoms with Crippen LogP contribution in [0.3, 0.4) is 0 Å². The van der Waals surface area contributed by atoms with Crippen LogP contribution >= 0.6 is 0 Å². The molecule has 0 aliphatic carbocycles. The second kappa shape index (κ2) is 8.61. The van der Waals surface area contributed by atoms with E-state index in [1.165, 1.54) is 32.3 Å². The van der Waals surface area contributed by atoms with Crippen LogP contribution in [0.5, 0.6) is 17.2 Å². The zero-order chi connectivity index (χ0) is 23.1. The minimum atomic E-state index is -0.260. The van der Waals surface area contributed by atoms with Crippen LogP contribution in [-0.4, -0.2) is 61.0 Å². The summed E-state index contributed by atoms with van der Waals surface area (Å²) >= 11 is 0. The fourth-order valence-electron chi connectivity index (χ4n) is 5.32. The summed E-state index contributed by atoms with van der Waals surface area (Å²) in [6.45, 7) is 0.823. The first kappa shape index (κ1) is 21.6. The lowest BCUT2D eigenvalue weighted by Gasteiger charge is -2.39. The number of phenolic OH excluding ortho intramolecular Hbond substituents is 1. The number of H-pyrrole nitrogens is 1. The topological polar surface area (TPSA) is 96.1 Å². The summed E-state index contributed by atoms with van der Waals surface area (Å²) in [6, 6.07) is 11.4. The van der Waals surface area contributed by atoms with Crippen molar-refractivity contribution in [1.29, 1.82) is 0 Å². The van der Waals surface area contributed by atoms with E-state index in [0.29, 0.717) is 11.5 Å². The van der Waals surface area contributed by atoms with Gasteiger partial charge in [-0.1, -0.05) is 18.2 Å². The van der Waals surface area contributed by atoms with Gasteiger partial charge in [0.25, 0.3) is 0 Å². The quantitative estimate of drug-likeness (QED) is 0.513. The van der Waals surface area contributed by atoms with Gasteiger partial charge in [-0.2, -0.15) is 0 Å². The summed E-state index contributed by atoms with van der Waals surface area (Å²) in [4.78, 5) is 18.3. The van der Waals surface area contributed by atoms with Gasteiger partial charge in [0.05, 0.1) is 33.5 Å². The third-order valence-electron chi connectivity index (χ3n) is 6.90. The number of hydrogen-bond acceptors (Lipinski definition) is 7. The molecule has 1 saturated heterocycles. The Balaban J connectivity index is 1.63. The molecule has 2 aliphatic rings. The Kier molecular flexibility index (Phi) is 5.64. The number of methoxy groups -OCH3 is 3. The van der Waals surface area contributed by atoms with Crippen molar-refractivity contribution in [2.75, 3.05) is 27.9 Å². The van der Waals surface area contributed by atoms with Gasteiger partial charge in [0, 0.05) is 29.6 Å². The Bertz CT molecular complexity index is 1160. The largest absolute Gasteiger partial charge is 0.502 e. The molecule has 1 fully saturated rings. The molecule has 174 valence electrons. The van der Waals surface area contributed by atoms with Gasteiger partial charge < -0.3 is 24.3 Å². The lowest BCUT2D eigenvalue weighted by molar-refractivity contribution is -0.147. The molecule has 0 unspecified atom stereocenters. The molecule has 3 N–H and O–H groups in total. The molecule has 3 aromatic rings. The SMILES string of the molecule is COC(=O)[C@@H]1CCCN1[C@@H]1Cc2c([nH]c3ccccc23)[C@@H](c2cc(OC)c(O)c(OC)c2)N1. The first-order chi connectivity index (χ1) is 16.0. The molecule has 1 aromatic heterocycles. The Hall–Kier alpha value is -3.23. The molecule has 0 amide bonds. The number of likely N-dealkylation sites (tertiary alicyclic amines) is 1. The second-order valence-corrected chi connectivity index (χ2v) is 8.58. The third kappa shape index (κ3) is 3.59. The molecule has 3 heterocycles. The molecule has 2 aliphatic heterocycles. The van der Waals surface area contributed by atoms with Crippen LogP contribution < -0.4 is 14.8 Å². The number of ether oxygens (including phenoxy) is 3. The molecule has 0 bridgehead atoms. The van der Waals surface area contributed by atoms with Gasteiger partial charge >= 0.3 is 5.97 Å². The molecule has 0 saturated carbocycles. The average molecular weight is 452 g/mol. The zero-order valence-corrected chi connectivity index (χ0v) is 19.1. The highest BCUT2D eigenvalue weighted by molar-refractivity contribution is 5.85. The number of hydrogen-bond donors (Lipinski definition) is 3. The number of aromatic amines is 1. The molecule has 33 heavy (non-hydrogen) atoms. The Labute approximate surface area is 192 Å². The lowest BCUT2D eigenvalue weighted by atomic mass is 9.91. The van der Waals surface area contributed by atoms with Gasteiger partial charge in [-0.25, -0.2) is 0 Å². The third-order valence-corrected chi connectivity index (χ3v) is 6.90. The monoisotopic (exact) mass is 451 g/mol. The highest BCUT2D eigenvalue weighted by atomic mass is 16.5. The van der Waals surface area contributed by atoms with Gasteiger partial charge in [0.15, 0.2) is 11.5 Å². The van der Waals surface area contributed by atoms with E-state index >= 15 is 0 Å². The van der Waals surface area contributed by atoms with Crippen molar-refractivity contribution in [2.24, 2.45) is 0 Å². The maximum atomic E-state index is 12.5. The van der Waals surface area contributed by atoms with E-state index in [1.54, 1.807) is 0 Å². The molecular weight excluding hydrogens is 422 g/mol. The predicted octanol–water partition coefficient (Wildman–Crippen LogP) is 3.09. The fraction of sp³-hybridized carbons (Fsp3) is 0.400. The van der Waals surface area contributed by atoms with Crippen molar-refractivity contribution >= 4 is 16.9 Å². The first-order valence-corrected chi connectivity index (χ1v) is 11.2. The molecule has 3 atom stereocenters. The summed E-state index contributed by atoms with van der Waals surface area (Å²) in [5.41, 5.74) is 4.25. The average Bonchev–Trinajstić information content (AvgIpc) is 3.48. The van der Waals surface area contributed by atoms with Crippen LogP contribution in [0.15, 0.2) is 36.4 Å². The maximum Gasteiger partial charge on any atom is 0.323 e. The fourth-order valence-corrected chi connectivity index (χ4v) is 5.32. The number of nitrogens with zero attached hydrogens (tertiary/aromatic N) is 1. The number of carbonyl (C=O) groups excluding carboxylic acids is 1. The second-order valence-electron chi connectivity index (χ2n) is 8.58. The zero-order valence-electron chi connectivity index (χ0n) is 19.1. The van der Waals surface area contributed by atoms with Gasteiger partial charge in [0.2, 0.25) is 5.75 Å². The van der Waals surface area contributed by atoms with Crippen LogP contribution in [0.2, 0.25) is 0 Å². The summed E-state index contributed by atoms with van der Waals surface area (Å²) < 4.78 is 15.9. The Morgan fingerprint density at radius 2 is 1.85 bits per heavy atom. The van der Waals surface area contributed by atoms with E-state index in [0.717, 1.165) is 42.6 Å². The highest BCUT2D eigenvalue weighted by Gasteiger charge is 2.41. The van der Waals surface area contributed by atoms with Crippen molar-refractivity contribution < 1.29 is 24.1 Å². The summed E-state index contributed by atoms with van der Waals surface area (Å²) in [5.74, 6) is 0.473.